The first kappa shape index (κ1) is 22.9. The number of aliphatic imine (C=N–C) groups is 1. The molecule has 170 valence electrons. The number of amidine groups is 1. The Morgan fingerprint density at radius 2 is 1.91 bits per heavy atom. The number of hydrogen-bond donors (Lipinski definition) is 1. The van der Waals surface area contributed by atoms with Crippen LogP contribution in [0.3, 0.4) is 0 Å². The van der Waals surface area contributed by atoms with Crippen molar-refractivity contribution in [2.24, 2.45) is 4.99 Å². The highest BCUT2D eigenvalue weighted by molar-refractivity contribution is 8.16. The minimum absolute atomic E-state index is 0.0656. The molecular formula is C26H27N3O3S. The summed E-state index contributed by atoms with van der Waals surface area (Å²) in [5.41, 5.74) is 4.77. The Kier molecular flexibility index (Phi) is 6.99. The van der Waals surface area contributed by atoms with E-state index >= 15 is 0 Å². The number of carbonyl (C=O) groups is 2. The van der Waals surface area contributed by atoms with E-state index < -0.39 is 12.0 Å². The molecule has 6 nitrogen and oxygen atoms in total. The van der Waals surface area contributed by atoms with Gasteiger partial charge in [0.25, 0.3) is 0 Å². The van der Waals surface area contributed by atoms with Crippen LogP contribution in [0.4, 0.5) is 0 Å². The number of hydrogen-bond acceptors (Lipinski definition) is 6. The zero-order chi connectivity index (χ0) is 23.4. The lowest BCUT2D eigenvalue weighted by atomic mass is 9.90. The summed E-state index contributed by atoms with van der Waals surface area (Å²) in [6.45, 7) is 6.54. The van der Waals surface area contributed by atoms with Crippen LogP contribution in [-0.2, 0) is 14.3 Å². The normalized spacial score (nSPS) is 17.3. The number of esters is 1. The van der Waals surface area contributed by atoms with Crippen LogP contribution in [0.5, 0.6) is 0 Å². The van der Waals surface area contributed by atoms with Crippen molar-refractivity contribution in [1.82, 2.24) is 10.2 Å². The van der Waals surface area contributed by atoms with Gasteiger partial charge in [-0.3, -0.25) is 4.79 Å². The van der Waals surface area contributed by atoms with Crippen LogP contribution in [0.15, 0.2) is 76.3 Å². The van der Waals surface area contributed by atoms with Gasteiger partial charge in [0.05, 0.1) is 30.3 Å². The molecule has 0 spiro atoms. The Bertz CT molecular complexity index is 1150. The van der Waals surface area contributed by atoms with Crippen molar-refractivity contribution in [2.75, 3.05) is 13.2 Å². The van der Waals surface area contributed by atoms with E-state index in [1.54, 1.807) is 6.92 Å². The zero-order valence-electron chi connectivity index (χ0n) is 19.0. The smallest absolute Gasteiger partial charge is 0.338 e. The lowest BCUT2D eigenvalue weighted by Crippen LogP contribution is -2.38. The van der Waals surface area contributed by atoms with Crippen molar-refractivity contribution in [3.63, 3.8) is 0 Å². The van der Waals surface area contributed by atoms with Gasteiger partial charge in [0.1, 0.15) is 0 Å². The second-order valence-corrected chi connectivity index (χ2v) is 8.62. The summed E-state index contributed by atoms with van der Waals surface area (Å²) in [6, 6.07) is 17.3. The van der Waals surface area contributed by atoms with Gasteiger partial charge in [-0.15, -0.1) is 0 Å². The number of thioether (sulfide) groups is 1. The molecule has 4 rings (SSSR count). The maximum atomic E-state index is 13.4. The minimum atomic E-state index is -0.456. The molecule has 2 aromatic carbocycles. The molecule has 0 unspecified atom stereocenters. The van der Waals surface area contributed by atoms with E-state index in [2.05, 4.69) is 11.4 Å². The standard InChI is InChI=1S/C26H27N3O3S/c1-4-27-21(30)15-20-16-33-26-28-23(18-11-7-6-8-12-18)22(25(31)32-5-2)24(29(20)26)19-13-9-10-17(3)14-19/h6-14,16,24H,4-5,15H2,1-3H3,(H,27,30)/t24-/m1/s1. The van der Waals surface area contributed by atoms with Gasteiger partial charge in [0.2, 0.25) is 5.91 Å². The highest BCUT2D eigenvalue weighted by Gasteiger charge is 2.42. The van der Waals surface area contributed by atoms with Crippen LogP contribution in [0.25, 0.3) is 5.70 Å². The number of rotatable bonds is 7. The quantitative estimate of drug-likeness (QED) is 0.600. The largest absolute Gasteiger partial charge is 0.463 e. The molecule has 2 aliphatic heterocycles. The van der Waals surface area contributed by atoms with Crippen LogP contribution in [0.1, 0.15) is 43.0 Å². The Hall–Kier alpha value is -3.32. The fourth-order valence-corrected chi connectivity index (χ4v) is 4.99. The first-order chi connectivity index (χ1) is 16.0. The molecule has 33 heavy (non-hydrogen) atoms. The van der Waals surface area contributed by atoms with Crippen LogP contribution in [0, 0.1) is 6.92 Å². The number of aryl methyl sites for hydroxylation is 1. The maximum Gasteiger partial charge on any atom is 0.338 e. The van der Waals surface area contributed by atoms with E-state index in [-0.39, 0.29) is 18.9 Å². The lowest BCUT2D eigenvalue weighted by Gasteiger charge is -2.37. The Morgan fingerprint density at radius 1 is 1.12 bits per heavy atom. The van der Waals surface area contributed by atoms with Gasteiger partial charge < -0.3 is 15.0 Å². The number of fused-ring (bicyclic) bond motifs is 1. The molecule has 0 aromatic heterocycles. The van der Waals surface area contributed by atoms with Gasteiger partial charge in [-0.05, 0) is 31.7 Å². The number of amides is 1. The average molecular weight is 462 g/mol. The Balaban J connectivity index is 1.90. The number of benzene rings is 2. The molecule has 2 aliphatic rings. The van der Waals surface area contributed by atoms with E-state index in [9.17, 15) is 9.59 Å². The second kappa shape index (κ2) is 10.1. The van der Waals surface area contributed by atoms with Crippen LogP contribution in [0.2, 0.25) is 0 Å². The summed E-state index contributed by atoms with van der Waals surface area (Å²) in [5, 5.41) is 5.56. The predicted octanol–water partition coefficient (Wildman–Crippen LogP) is 4.80. The third kappa shape index (κ3) is 4.73. The van der Waals surface area contributed by atoms with Gasteiger partial charge in [0, 0.05) is 17.8 Å². The Labute approximate surface area is 198 Å². The van der Waals surface area contributed by atoms with Gasteiger partial charge in [-0.25, -0.2) is 9.79 Å². The molecule has 1 atom stereocenters. The molecule has 0 aliphatic carbocycles. The van der Waals surface area contributed by atoms with E-state index in [0.29, 0.717) is 17.8 Å². The van der Waals surface area contributed by atoms with E-state index in [4.69, 9.17) is 9.73 Å². The molecule has 0 saturated carbocycles. The molecule has 0 bridgehead atoms. The minimum Gasteiger partial charge on any atom is -0.463 e. The lowest BCUT2D eigenvalue weighted by molar-refractivity contribution is -0.139. The summed E-state index contributed by atoms with van der Waals surface area (Å²) < 4.78 is 5.52. The first-order valence-corrected chi connectivity index (χ1v) is 11.9. The summed E-state index contributed by atoms with van der Waals surface area (Å²) in [6.07, 6.45) is 0.207. The van der Waals surface area contributed by atoms with Crippen molar-refractivity contribution in [3.05, 3.63) is 88.0 Å². The molecule has 0 fully saturated rings. The zero-order valence-corrected chi connectivity index (χ0v) is 19.8. The fraction of sp³-hybridized carbons (Fsp3) is 0.269. The average Bonchev–Trinajstić information content (AvgIpc) is 3.21. The SMILES string of the molecule is CCNC(=O)CC1=CSC2=NC(c3ccccc3)=C(C(=O)OCC)[C@@H](c3cccc(C)c3)N12. The number of nitrogens with one attached hydrogen (secondary N) is 1. The first-order valence-electron chi connectivity index (χ1n) is 11.1. The van der Waals surface area contributed by atoms with Crippen LogP contribution in [-0.4, -0.2) is 35.1 Å². The molecular weight excluding hydrogens is 434 g/mol. The molecule has 7 heteroatoms. The van der Waals surface area contributed by atoms with Crippen LogP contribution < -0.4 is 5.32 Å². The molecule has 1 amide bonds. The van der Waals surface area contributed by atoms with Crippen molar-refractivity contribution in [3.8, 4) is 0 Å². The summed E-state index contributed by atoms with van der Waals surface area (Å²) >= 11 is 1.47. The number of nitrogens with zero attached hydrogens (tertiary/aromatic N) is 2. The van der Waals surface area contributed by atoms with Crippen LogP contribution >= 0.6 is 11.8 Å². The summed E-state index contributed by atoms with van der Waals surface area (Å²) in [4.78, 5) is 32.7. The van der Waals surface area contributed by atoms with Gasteiger partial charge >= 0.3 is 5.97 Å². The molecule has 1 N–H and O–H groups in total. The number of ether oxygens (including phenoxy) is 1. The second-order valence-electron chi connectivity index (χ2n) is 7.79. The third-order valence-corrected chi connectivity index (χ3v) is 6.31. The predicted molar refractivity (Wildman–Crippen MR) is 132 cm³/mol. The highest BCUT2D eigenvalue weighted by atomic mass is 32.2. The Morgan fingerprint density at radius 3 is 2.61 bits per heavy atom. The summed E-state index contributed by atoms with van der Waals surface area (Å²) in [7, 11) is 0. The van der Waals surface area contributed by atoms with Gasteiger partial charge in [-0.1, -0.05) is 71.9 Å². The van der Waals surface area contributed by atoms with E-state index in [1.807, 2.05) is 72.7 Å². The molecule has 0 radical (unpaired) electrons. The monoisotopic (exact) mass is 461 g/mol. The van der Waals surface area contributed by atoms with Gasteiger partial charge in [0.15, 0.2) is 5.17 Å². The van der Waals surface area contributed by atoms with Crippen molar-refractivity contribution in [1.29, 1.82) is 0 Å². The molecule has 0 saturated heterocycles. The number of carbonyl (C=O) groups excluding carboxylic acids is 2. The van der Waals surface area contributed by atoms with E-state index in [0.717, 1.165) is 27.6 Å². The fourth-order valence-electron chi connectivity index (χ4n) is 4.07. The molecule has 2 aromatic rings. The molecule has 2 heterocycles. The van der Waals surface area contributed by atoms with E-state index in [1.165, 1.54) is 11.8 Å². The summed E-state index contributed by atoms with van der Waals surface area (Å²) in [5.74, 6) is -0.468. The van der Waals surface area contributed by atoms with Crippen molar-refractivity contribution >= 4 is 34.5 Å². The topological polar surface area (TPSA) is 71.0 Å². The highest BCUT2D eigenvalue weighted by Crippen LogP contribution is 2.47. The van der Waals surface area contributed by atoms with Crippen molar-refractivity contribution in [2.45, 2.75) is 33.2 Å². The van der Waals surface area contributed by atoms with Gasteiger partial charge in [-0.2, -0.15) is 0 Å². The third-order valence-electron chi connectivity index (χ3n) is 5.43. The maximum absolute atomic E-state index is 13.4. The van der Waals surface area contributed by atoms with Crippen molar-refractivity contribution < 1.29 is 14.3 Å².